The number of carbonyl (C=O) groups excluding carboxylic acids is 1. The molecule has 8 nitrogen and oxygen atoms in total. The van der Waals surface area contributed by atoms with Crippen molar-refractivity contribution in [2.45, 2.75) is 58.1 Å². The van der Waals surface area contributed by atoms with Crippen LogP contribution in [0.25, 0.3) is 22.2 Å². The predicted octanol–water partition coefficient (Wildman–Crippen LogP) is 7.26. The second kappa shape index (κ2) is 11.1. The second-order valence-corrected chi connectivity index (χ2v) is 12.9. The summed E-state index contributed by atoms with van der Waals surface area (Å²) in [5.41, 5.74) is 3.13. The Morgan fingerprint density at radius 1 is 1.16 bits per heavy atom. The van der Waals surface area contributed by atoms with Crippen LogP contribution in [0.4, 0.5) is 30.1 Å². The van der Waals surface area contributed by atoms with Crippen LogP contribution in [0.3, 0.4) is 0 Å². The fraction of sp³-hybridized carbons (Fsp3) is 0.375. The van der Waals surface area contributed by atoms with Crippen LogP contribution in [0.2, 0.25) is 0 Å². The maximum atomic E-state index is 15.8. The number of carbonyl (C=O) groups is 1. The molecule has 2 aliphatic rings. The summed E-state index contributed by atoms with van der Waals surface area (Å²) in [6, 6.07) is 13.5. The van der Waals surface area contributed by atoms with Crippen LogP contribution in [0.15, 0.2) is 42.5 Å². The Balaban J connectivity index is 1.36. The van der Waals surface area contributed by atoms with E-state index in [2.05, 4.69) is 11.4 Å². The van der Waals surface area contributed by atoms with Crippen LogP contribution in [0, 0.1) is 23.0 Å². The highest BCUT2D eigenvalue weighted by atomic mass is 32.1. The Bertz CT molecular complexity index is 1730. The van der Waals surface area contributed by atoms with Gasteiger partial charge in [-0.2, -0.15) is 5.26 Å². The molecular weight excluding hydrogens is 570 g/mol. The standard InChI is InChI=1S/C32H32F2N6O2S/c1-5-40(30-38-28(27(15-35)43-30)19-8-10-20(33)11-9-19)26-14-25(18-6-7-18)37-29-23(26)12-22(13-24(29)34)39-16-21(17-39)36-31(41)42-32(2,3)4/h8-14,18,21H,5-7,16-17H2,1-4H3,(H,36,41). The predicted molar refractivity (Wildman–Crippen MR) is 164 cm³/mol. The monoisotopic (exact) mass is 602 g/mol. The zero-order chi connectivity index (χ0) is 30.5. The van der Waals surface area contributed by atoms with Gasteiger partial charge in [-0.3, -0.25) is 0 Å². The van der Waals surface area contributed by atoms with E-state index in [4.69, 9.17) is 14.7 Å². The Labute approximate surface area is 252 Å². The SMILES string of the molecule is CCN(c1nc(-c2ccc(F)cc2)c(C#N)s1)c1cc(C2CC2)nc2c(F)cc(N3CC(NC(=O)OC(C)(C)C)C3)cc12. The van der Waals surface area contributed by atoms with Crippen molar-refractivity contribution in [3.63, 3.8) is 0 Å². The van der Waals surface area contributed by atoms with E-state index >= 15 is 4.39 Å². The number of amides is 1. The van der Waals surface area contributed by atoms with E-state index < -0.39 is 17.5 Å². The van der Waals surface area contributed by atoms with E-state index in [0.29, 0.717) is 57.5 Å². The first-order chi connectivity index (χ1) is 20.5. The molecule has 6 rings (SSSR count). The van der Waals surface area contributed by atoms with Gasteiger partial charge in [-0.25, -0.2) is 23.5 Å². The van der Waals surface area contributed by atoms with E-state index in [-0.39, 0.29) is 17.8 Å². The van der Waals surface area contributed by atoms with Gasteiger partial charge in [0.25, 0.3) is 0 Å². The fourth-order valence-electron chi connectivity index (χ4n) is 5.23. The molecule has 2 aromatic heterocycles. The number of nitrogens with zero attached hydrogens (tertiary/aromatic N) is 5. The van der Waals surface area contributed by atoms with Crippen molar-refractivity contribution in [3.8, 4) is 17.3 Å². The first-order valence-electron chi connectivity index (χ1n) is 14.4. The first-order valence-corrected chi connectivity index (χ1v) is 15.2. The van der Waals surface area contributed by atoms with Crippen LogP contribution < -0.4 is 15.1 Å². The zero-order valence-electron chi connectivity index (χ0n) is 24.4. The molecule has 1 amide bonds. The summed E-state index contributed by atoms with van der Waals surface area (Å²) in [7, 11) is 0. The summed E-state index contributed by atoms with van der Waals surface area (Å²) >= 11 is 1.25. The smallest absolute Gasteiger partial charge is 0.407 e. The molecule has 0 bridgehead atoms. The third kappa shape index (κ3) is 5.97. The van der Waals surface area contributed by atoms with Crippen molar-refractivity contribution in [2.24, 2.45) is 0 Å². The van der Waals surface area contributed by atoms with Crippen molar-refractivity contribution < 1.29 is 18.3 Å². The molecule has 222 valence electrons. The molecule has 2 fully saturated rings. The number of benzene rings is 2. The molecule has 0 atom stereocenters. The van der Waals surface area contributed by atoms with Gasteiger partial charge in [0.1, 0.15) is 33.6 Å². The molecule has 1 aliphatic carbocycles. The van der Waals surface area contributed by atoms with E-state index in [0.717, 1.165) is 24.2 Å². The number of hydrogen-bond acceptors (Lipinski definition) is 8. The highest BCUT2D eigenvalue weighted by Gasteiger charge is 2.32. The van der Waals surface area contributed by atoms with Gasteiger partial charge in [-0.15, -0.1) is 0 Å². The van der Waals surface area contributed by atoms with Gasteiger partial charge in [0.2, 0.25) is 0 Å². The molecule has 1 saturated heterocycles. The molecule has 43 heavy (non-hydrogen) atoms. The molecule has 2 aromatic carbocycles. The summed E-state index contributed by atoms with van der Waals surface area (Å²) in [6.07, 6.45) is 1.54. The number of nitrogens with one attached hydrogen (secondary N) is 1. The fourth-order valence-corrected chi connectivity index (χ4v) is 6.20. The molecule has 1 saturated carbocycles. The third-order valence-electron chi connectivity index (χ3n) is 7.49. The minimum Gasteiger partial charge on any atom is -0.444 e. The topological polar surface area (TPSA) is 94.4 Å². The summed E-state index contributed by atoms with van der Waals surface area (Å²) in [5, 5.41) is 14.0. The largest absolute Gasteiger partial charge is 0.444 e. The number of fused-ring (bicyclic) bond motifs is 1. The Kier molecular flexibility index (Phi) is 7.42. The molecule has 1 aliphatic heterocycles. The minimum absolute atomic E-state index is 0.111. The number of halogens is 2. The van der Waals surface area contributed by atoms with Crippen LogP contribution in [0.5, 0.6) is 0 Å². The molecule has 11 heteroatoms. The Morgan fingerprint density at radius 3 is 2.51 bits per heavy atom. The molecular formula is C32H32F2N6O2S. The van der Waals surface area contributed by atoms with Gasteiger partial charge < -0.3 is 19.9 Å². The van der Waals surface area contributed by atoms with Crippen molar-refractivity contribution in [1.82, 2.24) is 15.3 Å². The van der Waals surface area contributed by atoms with Crippen molar-refractivity contribution in [1.29, 1.82) is 5.26 Å². The number of nitriles is 1. The lowest BCUT2D eigenvalue weighted by molar-refractivity contribution is 0.0496. The van der Waals surface area contributed by atoms with Gasteiger partial charge in [0.15, 0.2) is 10.9 Å². The molecule has 0 spiro atoms. The van der Waals surface area contributed by atoms with Gasteiger partial charge in [-0.1, -0.05) is 11.3 Å². The van der Waals surface area contributed by atoms with Gasteiger partial charge in [-0.05, 0) is 83.0 Å². The van der Waals surface area contributed by atoms with Crippen LogP contribution in [-0.2, 0) is 4.74 Å². The molecule has 1 N–H and O–H groups in total. The van der Waals surface area contributed by atoms with Crippen LogP contribution in [0.1, 0.15) is 57.0 Å². The van der Waals surface area contributed by atoms with Crippen LogP contribution >= 0.6 is 11.3 Å². The highest BCUT2D eigenvalue weighted by molar-refractivity contribution is 7.16. The average molecular weight is 603 g/mol. The lowest BCUT2D eigenvalue weighted by Gasteiger charge is -2.41. The number of alkyl carbamates (subject to hydrolysis) is 1. The van der Waals surface area contributed by atoms with Crippen molar-refractivity contribution in [3.05, 3.63) is 64.7 Å². The zero-order valence-corrected chi connectivity index (χ0v) is 25.3. The third-order valence-corrected chi connectivity index (χ3v) is 8.47. The van der Waals surface area contributed by atoms with Crippen molar-refractivity contribution >= 4 is 44.8 Å². The number of hydrogen-bond donors (Lipinski definition) is 1. The Hall–Kier alpha value is -4.30. The first kappa shape index (κ1) is 28.8. The van der Waals surface area contributed by atoms with E-state index in [9.17, 15) is 14.4 Å². The van der Waals surface area contributed by atoms with E-state index in [1.165, 1.54) is 29.5 Å². The summed E-state index contributed by atoms with van der Waals surface area (Å²) < 4.78 is 34.7. The van der Waals surface area contributed by atoms with Gasteiger partial charge >= 0.3 is 6.09 Å². The summed E-state index contributed by atoms with van der Waals surface area (Å²) in [5.74, 6) is -0.493. The molecule has 0 radical (unpaired) electrons. The number of pyridine rings is 1. The molecule has 3 heterocycles. The van der Waals surface area contributed by atoms with E-state index in [1.807, 2.05) is 49.6 Å². The molecule has 4 aromatic rings. The number of rotatable bonds is 7. The lowest BCUT2D eigenvalue weighted by Crippen LogP contribution is -2.60. The number of anilines is 3. The quantitative estimate of drug-likeness (QED) is 0.238. The second-order valence-electron chi connectivity index (χ2n) is 11.9. The lowest BCUT2D eigenvalue weighted by atomic mass is 10.0. The van der Waals surface area contributed by atoms with Gasteiger partial charge in [0, 0.05) is 47.9 Å². The van der Waals surface area contributed by atoms with Crippen LogP contribution in [-0.4, -0.2) is 47.3 Å². The maximum absolute atomic E-state index is 15.8. The van der Waals surface area contributed by atoms with E-state index in [1.54, 1.807) is 12.1 Å². The van der Waals surface area contributed by atoms with Crippen molar-refractivity contribution in [2.75, 3.05) is 29.4 Å². The highest BCUT2D eigenvalue weighted by Crippen LogP contribution is 2.45. The maximum Gasteiger partial charge on any atom is 0.407 e. The average Bonchev–Trinajstić information content (AvgIpc) is 3.70. The normalized spacial score (nSPS) is 15.2. The minimum atomic E-state index is -0.589. The Morgan fingerprint density at radius 2 is 1.88 bits per heavy atom. The molecule has 0 unspecified atom stereocenters. The number of thiazole rings is 1. The summed E-state index contributed by atoms with van der Waals surface area (Å²) in [6.45, 7) is 8.97. The number of ether oxygens (including phenoxy) is 1. The summed E-state index contributed by atoms with van der Waals surface area (Å²) in [4.78, 5) is 26.2. The van der Waals surface area contributed by atoms with Gasteiger partial charge in [0.05, 0.1) is 11.7 Å². The number of aromatic nitrogens is 2.